The van der Waals surface area contributed by atoms with Gasteiger partial charge in [-0.05, 0) is 57.3 Å². The van der Waals surface area contributed by atoms with E-state index in [2.05, 4.69) is 58.9 Å². The molecule has 506 valence electrons. The first-order chi connectivity index (χ1) is 41.5. The molecule has 0 aromatic heterocycles. The van der Waals surface area contributed by atoms with Crippen LogP contribution >= 0.6 is 15.6 Å². The third kappa shape index (κ3) is 60.5. The minimum absolute atomic E-state index is 0.0847. The number of aliphatic hydroxyl groups excluding tert-OH is 1. The molecule has 0 fully saturated rings. The predicted molar refractivity (Wildman–Crippen MR) is 344 cm³/mol. The molecule has 0 spiro atoms. The van der Waals surface area contributed by atoms with E-state index in [1.807, 2.05) is 0 Å². The van der Waals surface area contributed by atoms with Gasteiger partial charge >= 0.3 is 39.5 Å². The monoisotopic (exact) mass is 1260 g/mol. The molecule has 0 amide bonds. The molecule has 0 aromatic carbocycles. The van der Waals surface area contributed by atoms with E-state index in [-0.39, 0.29) is 25.7 Å². The zero-order valence-electron chi connectivity index (χ0n) is 54.9. The summed E-state index contributed by atoms with van der Waals surface area (Å²) >= 11 is 0. The van der Waals surface area contributed by atoms with Crippen molar-refractivity contribution in [2.75, 3.05) is 39.6 Å². The second kappa shape index (κ2) is 60.1. The van der Waals surface area contributed by atoms with Gasteiger partial charge < -0.3 is 33.8 Å². The number of hydrogen-bond acceptors (Lipinski definition) is 15. The van der Waals surface area contributed by atoms with Gasteiger partial charge in [-0.2, -0.15) is 0 Å². The molecule has 17 nitrogen and oxygen atoms in total. The summed E-state index contributed by atoms with van der Waals surface area (Å²) in [4.78, 5) is 72.3. The average molecular weight is 1270 g/mol. The SMILES string of the molecule is CCCCCC/C=C\C=C/CCCCCCCC(=O)O[C@H](COC(=O)CCCCCCCCCCCC(C)C)COP(=O)(O)OC[C@@H](O)COP(=O)(O)OC[C@@H](COC(=O)CCCCCCCCCCC)OC(=O)CCCCCCCCCCCC. The Morgan fingerprint density at radius 1 is 0.360 bits per heavy atom. The fourth-order valence-corrected chi connectivity index (χ4v) is 11.2. The maximum absolute atomic E-state index is 13.0. The predicted octanol–water partition coefficient (Wildman–Crippen LogP) is 18.5. The third-order valence-electron chi connectivity index (χ3n) is 14.9. The highest BCUT2D eigenvalue weighted by Gasteiger charge is 2.30. The van der Waals surface area contributed by atoms with Crippen LogP contribution < -0.4 is 0 Å². The van der Waals surface area contributed by atoms with Crippen LogP contribution in [0.1, 0.15) is 317 Å². The standard InChI is InChI=1S/C67H126O17P2/c1-6-9-12-15-18-21-23-24-25-26-27-32-38-43-48-53-67(72)84-63(57-78-65(70)51-46-41-36-33-28-30-34-39-44-49-60(4)5)59-82-86(75,76)80-55-61(68)54-79-85(73,74)81-58-62(56-77-64(69)50-45-40-35-29-20-17-14-11-8-3)83-66(71)52-47-42-37-31-22-19-16-13-10-7-2/h21,23-25,60-63,68H,6-20,22,26-59H2,1-5H3,(H,73,74)(H,75,76)/b23-21-,25-24-/t61-,62+,63+/m0/s1. The molecular formula is C67H126O17P2. The summed E-state index contributed by atoms with van der Waals surface area (Å²) in [6.45, 7) is 7.11. The van der Waals surface area contributed by atoms with Gasteiger partial charge in [0.2, 0.25) is 0 Å². The molecule has 0 aliphatic heterocycles. The summed E-state index contributed by atoms with van der Waals surface area (Å²) in [5.74, 6) is -1.42. The third-order valence-corrected chi connectivity index (χ3v) is 16.8. The summed E-state index contributed by atoms with van der Waals surface area (Å²) in [6.07, 6.45) is 48.0. The van der Waals surface area contributed by atoms with E-state index in [0.717, 1.165) is 109 Å². The lowest BCUT2D eigenvalue weighted by Gasteiger charge is -2.21. The largest absolute Gasteiger partial charge is 0.472 e. The molecule has 0 rings (SSSR count). The first kappa shape index (κ1) is 83.5. The van der Waals surface area contributed by atoms with Crippen LogP contribution in [0.2, 0.25) is 0 Å². The molecule has 3 N–H and O–H groups in total. The number of esters is 4. The normalized spacial score (nSPS) is 14.3. The molecule has 19 heteroatoms. The molecule has 2 unspecified atom stereocenters. The Kier molecular flexibility index (Phi) is 58.4. The van der Waals surface area contributed by atoms with Crippen molar-refractivity contribution in [2.45, 2.75) is 335 Å². The number of phosphoric ester groups is 2. The van der Waals surface area contributed by atoms with E-state index in [1.165, 1.54) is 128 Å². The summed E-state index contributed by atoms with van der Waals surface area (Å²) < 4.78 is 68.0. The Morgan fingerprint density at radius 2 is 0.628 bits per heavy atom. The average Bonchev–Trinajstić information content (AvgIpc) is 3.65. The van der Waals surface area contributed by atoms with Gasteiger partial charge in [0.1, 0.15) is 19.3 Å². The van der Waals surface area contributed by atoms with Crippen LogP contribution in [0.4, 0.5) is 0 Å². The Hall–Kier alpha value is -2.46. The van der Waals surface area contributed by atoms with Crippen LogP contribution in [0, 0.1) is 5.92 Å². The zero-order valence-corrected chi connectivity index (χ0v) is 56.7. The lowest BCUT2D eigenvalue weighted by Crippen LogP contribution is -2.30. The van der Waals surface area contributed by atoms with Crippen molar-refractivity contribution >= 4 is 39.5 Å². The maximum Gasteiger partial charge on any atom is 0.472 e. The van der Waals surface area contributed by atoms with Gasteiger partial charge in [0, 0.05) is 25.7 Å². The Balaban J connectivity index is 5.27. The van der Waals surface area contributed by atoms with Crippen LogP contribution in [0.5, 0.6) is 0 Å². The fourth-order valence-electron chi connectivity index (χ4n) is 9.57. The number of phosphoric acid groups is 2. The Labute approximate surface area is 522 Å². The van der Waals surface area contributed by atoms with Gasteiger partial charge in [0.05, 0.1) is 26.4 Å². The molecule has 0 saturated heterocycles. The van der Waals surface area contributed by atoms with Gasteiger partial charge in [-0.3, -0.25) is 37.3 Å². The summed E-state index contributed by atoms with van der Waals surface area (Å²) in [7, 11) is -9.90. The summed E-state index contributed by atoms with van der Waals surface area (Å²) in [6, 6.07) is 0. The van der Waals surface area contributed by atoms with Crippen molar-refractivity contribution < 1.29 is 80.2 Å². The van der Waals surface area contributed by atoms with E-state index in [4.69, 9.17) is 37.0 Å². The topological polar surface area (TPSA) is 237 Å². The minimum atomic E-state index is -4.96. The molecular weight excluding hydrogens is 1140 g/mol. The summed E-state index contributed by atoms with van der Waals surface area (Å²) in [5, 5.41) is 10.5. The van der Waals surface area contributed by atoms with Crippen molar-refractivity contribution in [1.82, 2.24) is 0 Å². The highest BCUT2D eigenvalue weighted by Crippen LogP contribution is 2.45. The number of allylic oxidation sites excluding steroid dienone is 4. The Bertz CT molecular complexity index is 1760. The lowest BCUT2D eigenvalue weighted by atomic mass is 10.0. The lowest BCUT2D eigenvalue weighted by molar-refractivity contribution is -0.161. The van der Waals surface area contributed by atoms with Crippen molar-refractivity contribution in [1.29, 1.82) is 0 Å². The molecule has 5 atom stereocenters. The highest BCUT2D eigenvalue weighted by molar-refractivity contribution is 7.47. The van der Waals surface area contributed by atoms with Gasteiger partial charge in [-0.1, -0.05) is 264 Å². The number of rotatable bonds is 65. The van der Waals surface area contributed by atoms with Gasteiger partial charge in [0.25, 0.3) is 0 Å². The quantitative estimate of drug-likeness (QED) is 0.0169. The number of carbonyl (C=O) groups excluding carboxylic acids is 4. The molecule has 0 aliphatic carbocycles. The second-order valence-corrected chi connectivity index (χ2v) is 26.9. The minimum Gasteiger partial charge on any atom is -0.462 e. The number of hydrogen-bond donors (Lipinski definition) is 3. The van der Waals surface area contributed by atoms with Gasteiger partial charge in [-0.25, -0.2) is 9.13 Å². The van der Waals surface area contributed by atoms with E-state index in [1.54, 1.807) is 0 Å². The molecule has 86 heavy (non-hydrogen) atoms. The van der Waals surface area contributed by atoms with E-state index >= 15 is 0 Å². The first-order valence-electron chi connectivity index (χ1n) is 34.5. The van der Waals surface area contributed by atoms with Crippen LogP contribution in [-0.4, -0.2) is 96.7 Å². The molecule has 0 bridgehead atoms. The van der Waals surface area contributed by atoms with E-state index < -0.39 is 97.5 Å². The van der Waals surface area contributed by atoms with Crippen LogP contribution in [0.15, 0.2) is 24.3 Å². The molecule has 0 saturated carbocycles. The zero-order chi connectivity index (χ0) is 63.5. The number of carbonyl (C=O) groups is 4. The number of ether oxygens (including phenoxy) is 4. The molecule has 0 aliphatic rings. The van der Waals surface area contributed by atoms with Crippen LogP contribution in [0.25, 0.3) is 0 Å². The van der Waals surface area contributed by atoms with Gasteiger partial charge in [0.15, 0.2) is 12.2 Å². The molecule has 0 radical (unpaired) electrons. The molecule has 0 heterocycles. The van der Waals surface area contributed by atoms with Gasteiger partial charge in [-0.15, -0.1) is 0 Å². The second-order valence-electron chi connectivity index (χ2n) is 24.0. The van der Waals surface area contributed by atoms with Crippen molar-refractivity contribution in [3.05, 3.63) is 24.3 Å². The Morgan fingerprint density at radius 3 is 0.953 bits per heavy atom. The van der Waals surface area contributed by atoms with E-state index in [9.17, 15) is 43.2 Å². The van der Waals surface area contributed by atoms with Crippen molar-refractivity contribution in [3.63, 3.8) is 0 Å². The summed E-state index contributed by atoms with van der Waals surface area (Å²) in [5.41, 5.74) is 0. The fraction of sp³-hybridized carbons (Fsp3) is 0.881. The molecule has 0 aromatic rings. The first-order valence-corrected chi connectivity index (χ1v) is 37.4. The van der Waals surface area contributed by atoms with Crippen LogP contribution in [-0.2, 0) is 65.4 Å². The highest BCUT2D eigenvalue weighted by atomic mass is 31.2. The number of unbranched alkanes of at least 4 members (excludes halogenated alkanes) is 34. The van der Waals surface area contributed by atoms with Crippen molar-refractivity contribution in [2.24, 2.45) is 5.92 Å². The van der Waals surface area contributed by atoms with Crippen molar-refractivity contribution in [3.8, 4) is 0 Å². The van der Waals surface area contributed by atoms with Crippen LogP contribution in [0.3, 0.4) is 0 Å². The van der Waals surface area contributed by atoms with E-state index in [0.29, 0.717) is 25.7 Å². The number of aliphatic hydroxyl groups is 1. The maximum atomic E-state index is 13.0. The smallest absolute Gasteiger partial charge is 0.462 e.